The number of phenols is 2. The number of aromatic hydroxyl groups is 2. The van der Waals surface area contributed by atoms with Crippen molar-refractivity contribution in [1.82, 2.24) is 0 Å². The van der Waals surface area contributed by atoms with E-state index in [0.717, 1.165) is 25.7 Å². The number of phenolic OH excluding ortho intramolecular Hbond substituents is 2. The van der Waals surface area contributed by atoms with Crippen LogP contribution < -0.4 is 5.90 Å². The zero-order valence-corrected chi connectivity index (χ0v) is 11.9. The van der Waals surface area contributed by atoms with Crippen LogP contribution >= 0.6 is 0 Å². The molecule has 1 rings (SSSR count). The van der Waals surface area contributed by atoms with Gasteiger partial charge in [-0.2, -0.15) is 5.90 Å². The highest BCUT2D eigenvalue weighted by Gasteiger charge is 2.11. The van der Waals surface area contributed by atoms with Crippen LogP contribution in [0.2, 0.25) is 0 Å². The van der Waals surface area contributed by atoms with Crippen LogP contribution in [0.5, 0.6) is 11.5 Å². The molecule has 0 saturated carbocycles. The van der Waals surface area contributed by atoms with E-state index < -0.39 is 5.97 Å². The maximum absolute atomic E-state index is 11.9. The van der Waals surface area contributed by atoms with Gasteiger partial charge in [0.25, 0.3) is 0 Å². The molecule has 0 aliphatic heterocycles. The fraction of sp³-hybridized carbons (Fsp3) is 0.467. The highest BCUT2D eigenvalue weighted by atomic mass is 16.7. The highest BCUT2D eigenvalue weighted by Crippen LogP contribution is 2.24. The first kappa shape index (κ1) is 17.0. The Morgan fingerprint density at radius 1 is 1.00 bits per heavy atom. The number of carbonyl (C=O) groups is 2. The number of unbranched alkanes of at least 4 members (excludes halogenated alkanes) is 4. The van der Waals surface area contributed by atoms with Crippen molar-refractivity contribution in [3.05, 3.63) is 23.8 Å². The van der Waals surface area contributed by atoms with Crippen LogP contribution in [0, 0.1) is 0 Å². The van der Waals surface area contributed by atoms with Crippen LogP contribution in [0.25, 0.3) is 0 Å². The van der Waals surface area contributed by atoms with E-state index in [4.69, 9.17) is 5.90 Å². The molecule has 0 heterocycles. The van der Waals surface area contributed by atoms with E-state index in [0.29, 0.717) is 19.3 Å². The van der Waals surface area contributed by atoms with E-state index in [-0.39, 0.29) is 22.8 Å². The van der Waals surface area contributed by atoms with Gasteiger partial charge < -0.3 is 15.1 Å². The molecule has 0 bridgehead atoms. The fourth-order valence-corrected chi connectivity index (χ4v) is 2.03. The van der Waals surface area contributed by atoms with E-state index in [1.807, 2.05) is 0 Å². The molecule has 0 unspecified atom stereocenters. The Balaban J connectivity index is 2.19. The van der Waals surface area contributed by atoms with Crippen molar-refractivity contribution < 1.29 is 24.6 Å². The molecule has 0 aromatic heterocycles. The number of carbonyl (C=O) groups excluding carboxylic acids is 2. The largest absolute Gasteiger partial charge is 0.508 e. The van der Waals surface area contributed by atoms with Gasteiger partial charge in [-0.25, -0.2) is 0 Å². The second-order valence-electron chi connectivity index (χ2n) is 4.88. The van der Waals surface area contributed by atoms with Crippen LogP contribution in [-0.2, 0) is 9.63 Å². The number of Topliss-reactive ketones (excluding diaryl/α,β-unsaturated/α-hetero) is 1. The number of nitrogens with two attached hydrogens (primary N) is 1. The van der Waals surface area contributed by atoms with Crippen molar-refractivity contribution in [2.75, 3.05) is 0 Å². The van der Waals surface area contributed by atoms with Gasteiger partial charge in [-0.05, 0) is 31.0 Å². The van der Waals surface area contributed by atoms with E-state index >= 15 is 0 Å². The summed E-state index contributed by atoms with van der Waals surface area (Å²) in [6, 6.07) is 3.91. The van der Waals surface area contributed by atoms with E-state index in [9.17, 15) is 19.8 Å². The minimum Gasteiger partial charge on any atom is -0.508 e. The van der Waals surface area contributed by atoms with Crippen molar-refractivity contribution in [2.24, 2.45) is 5.90 Å². The van der Waals surface area contributed by atoms with Crippen LogP contribution in [-0.4, -0.2) is 22.0 Å². The number of rotatable bonds is 9. The average molecular weight is 295 g/mol. The molecule has 116 valence electrons. The molecule has 0 aliphatic carbocycles. The Labute approximate surface area is 123 Å². The maximum atomic E-state index is 11.9. The summed E-state index contributed by atoms with van der Waals surface area (Å²) >= 11 is 0. The quantitative estimate of drug-likeness (QED) is 0.279. The van der Waals surface area contributed by atoms with Gasteiger partial charge in [0.2, 0.25) is 0 Å². The van der Waals surface area contributed by atoms with Crippen LogP contribution in [0.1, 0.15) is 55.3 Å². The smallest absolute Gasteiger partial charge is 0.324 e. The number of hydrogen-bond acceptors (Lipinski definition) is 6. The summed E-state index contributed by atoms with van der Waals surface area (Å²) in [6.07, 6.45) is 4.71. The van der Waals surface area contributed by atoms with Crippen LogP contribution in [0.3, 0.4) is 0 Å². The zero-order valence-electron chi connectivity index (χ0n) is 11.9. The molecular formula is C15H21NO5. The number of benzene rings is 1. The normalized spacial score (nSPS) is 10.3. The van der Waals surface area contributed by atoms with Gasteiger partial charge in [0, 0.05) is 12.8 Å². The van der Waals surface area contributed by atoms with Gasteiger partial charge in [-0.1, -0.05) is 19.3 Å². The topological polar surface area (TPSA) is 110 Å². The molecule has 0 aliphatic rings. The van der Waals surface area contributed by atoms with Crippen molar-refractivity contribution >= 4 is 11.8 Å². The minimum absolute atomic E-state index is 0.0389. The first-order chi connectivity index (χ1) is 10.0. The molecule has 0 spiro atoms. The summed E-state index contributed by atoms with van der Waals surface area (Å²) in [5, 5.41) is 18.9. The van der Waals surface area contributed by atoms with Gasteiger partial charge in [0.1, 0.15) is 11.5 Å². The molecule has 0 amide bonds. The lowest BCUT2D eigenvalue weighted by Gasteiger charge is -2.05. The molecule has 1 aromatic carbocycles. The summed E-state index contributed by atoms with van der Waals surface area (Å²) in [5.41, 5.74) is 0.153. The Morgan fingerprint density at radius 2 is 1.62 bits per heavy atom. The predicted molar refractivity (Wildman–Crippen MR) is 76.7 cm³/mol. The molecule has 0 fully saturated rings. The van der Waals surface area contributed by atoms with E-state index in [1.54, 1.807) is 0 Å². The van der Waals surface area contributed by atoms with Crippen molar-refractivity contribution in [3.8, 4) is 11.5 Å². The number of hydrogen-bond donors (Lipinski definition) is 3. The number of ketones is 1. The molecule has 4 N–H and O–H groups in total. The molecular weight excluding hydrogens is 274 g/mol. The Kier molecular flexibility index (Phi) is 7.25. The van der Waals surface area contributed by atoms with Gasteiger partial charge in [-0.15, -0.1) is 0 Å². The molecule has 0 radical (unpaired) electrons. The standard InChI is InChI=1S/C15H21NO5/c16-21-15(20)7-5-3-1-2-4-6-13(18)12-10-11(17)8-9-14(12)19/h8-10,17,19H,1-7,16H2. The lowest BCUT2D eigenvalue weighted by atomic mass is 10.0. The first-order valence-electron chi connectivity index (χ1n) is 6.99. The lowest BCUT2D eigenvalue weighted by Crippen LogP contribution is -2.09. The monoisotopic (exact) mass is 295 g/mol. The van der Waals surface area contributed by atoms with Crippen molar-refractivity contribution in [2.45, 2.75) is 44.9 Å². The molecule has 0 atom stereocenters. The predicted octanol–water partition coefficient (Wildman–Crippen LogP) is 2.43. The lowest BCUT2D eigenvalue weighted by molar-refractivity contribution is -0.144. The molecule has 21 heavy (non-hydrogen) atoms. The second-order valence-corrected chi connectivity index (χ2v) is 4.88. The van der Waals surface area contributed by atoms with E-state index in [2.05, 4.69) is 4.84 Å². The average Bonchev–Trinajstić information content (AvgIpc) is 2.48. The molecule has 1 aromatic rings. The summed E-state index contributed by atoms with van der Waals surface area (Å²) in [6.45, 7) is 0. The Hall–Kier alpha value is -2.08. The maximum Gasteiger partial charge on any atom is 0.324 e. The zero-order chi connectivity index (χ0) is 15.7. The van der Waals surface area contributed by atoms with Gasteiger partial charge >= 0.3 is 5.97 Å². The molecule has 6 heteroatoms. The van der Waals surface area contributed by atoms with Crippen LogP contribution in [0.4, 0.5) is 0 Å². The summed E-state index contributed by atoms with van der Waals surface area (Å²) in [4.78, 5) is 26.7. The molecule has 0 saturated heterocycles. The van der Waals surface area contributed by atoms with Gasteiger partial charge in [0.05, 0.1) is 5.56 Å². The Bertz CT molecular complexity index is 487. The summed E-state index contributed by atoms with van der Waals surface area (Å²) in [7, 11) is 0. The highest BCUT2D eigenvalue weighted by molar-refractivity contribution is 5.98. The van der Waals surface area contributed by atoms with Crippen molar-refractivity contribution in [1.29, 1.82) is 0 Å². The third-order valence-electron chi connectivity index (χ3n) is 3.20. The Morgan fingerprint density at radius 3 is 2.29 bits per heavy atom. The van der Waals surface area contributed by atoms with Gasteiger partial charge in [0.15, 0.2) is 5.78 Å². The third-order valence-corrected chi connectivity index (χ3v) is 3.20. The minimum atomic E-state index is -0.412. The first-order valence-corrected chi connectivity index (χ1v) is 6.99. The van der Waals surface area contributed by atoms with Crippen molar-refractivity contribution in [3.63, 3.8) is 0 Å². The third kappa shape index (κ3) is 6.27. The summed E-state index contributed by atoms with van der Waals surface area (Å²) < 4.78 is 0. The second kappa shape index (κ2) is 8.97. The SMILES string of the molecule is NOC(=O)CCCCCCCC(=O)c1cc(O)ccc1O. The molecule has 6 nitrogen and oxygen atoms in total. The summed E-state index contributed by atoms with van der Waals surface area (Å²) in [5.74, 6) is 3.97. The van der Waals surface area contributed by atoms with Gasteiger partial charge in [-0.3, -0.25) is 9.59 Å². The van der Waals surface area contributed by atoms with E-state index in [1.165, 1.54) is 18.2 Å². The fourth-order valence-electron chi connectivity index (χ4n) is 2.03. The van der Waals surface area contributed by atoms with Crippen LogP contribution in [0.15, 0.2) is 18.2 Å².